The lowest BCUT2D eigenvalue weighted by molar-refractivity contribution is 0.101. The van der Waals surface area contributed by atoms with Gasteiger partial charge in [-0.05, 0) is 34.3 Å². The number of hydrogen-bond acceptors (Lipinski definition) is 5. The molecule has 2 rings (SSSR count). The highest BCUT2D eigenvalue weighted by Crippen LogP contribution is 2.23. The first-order valence-electron chi connectivity index (χ1n) is 6.17. The molecule has 0 aliphatic heterocycles. The minimum absolute atomic E-state index is 0.00737. The highest BCUT2D eigenvalue weighted by Gasteiger charge is 2.18. The predicted molar refractivity (Wildman–Crippen MR) is 71.9 cm³/mol. The summed E-state index contributed by atoms with van der Waals surface area (Å²) < 4.78 is 4.43. The van der Waals surface area contributed by atoms with Crippen LogP contribution in [-0.4, -0.2) is 16.2 Å². The molecule has 0 atom stereocenters. The van der Waals surface area contributed by atoms with Gasteiger partial charge in [-0.15, -0.1) is 0 Å². The van der Waals surface area contributed by atoms with Gasteiger partial charge in [0.1, 0.15) is 0 Å². The van der Waals surface area contributed by atoms with E-state index in [1.807, 2.05) is 32.0 Å². The quantitative estimate of drug-likeness (QED) is 0.877. The molecule has 0 aliphatic carbocycles. The number of amides is 1. The first-order chi connectivity index (χ1) is 9.17. The molecule has 0 radical (unpaired) electrons. The average Bonchev–Trinajstić information content (AvgIpc) is 2.85. The Balaban J connectivity index is 2.33. The Labute approximate surface area is 111 Å². The predicted octanol–water partition coefficient (Wildman–Crippen LogP) is 2.03. The molecule has 0 aliphatic rings. The van der Waals surface area contributed by atoms with Crippen LogP contribution in [0.3, 0.4) is 0 Å². The van der Waals surface area contributed by atoms with E-state index in [9.17, 15) is 4.79 Å². The Morgan fingerprint density at radius 2 is 1.89 bits per heavy atom. The van der Waals surface area contributed by atoms with Crippen molar-refractivity contribution in [2.75, 3.05) is 11.1 Å². The van der Waals surface area contributed by atoms with Crippen LogP contribution in [0.5, 0.6) is 0 Å². The third kappa shape index (κ3) is 2.57. The van der Waals surface area contributed by atoms with Gasteiger partial charge in [-0.1, -0.05) is 32.0 Å². The number of para-hydroxylation sites is 1. The Morgan fingerprint density at radius 3 is 2.37 bits per heavy atom. The van der Waals surface area contributed by atoms with Gasteiger partial charge >= 0.3 is 0 Å². The summed E-state index contributed by atoms with van der Waals surface area (Å²) in [6.07, 6.45) is 1.66. The van der Waals surface area contributed by atoms with E-state index in [1.165, 1.54) is 0 Å². The second-order valence-electron chi connectivity index (χ2n) is 4.11. The molecule has 1 aromatic carbocycles. The third-order valence-corrected chi connectivity index (χ3v) is 2.97. The maximum Gasteiger partial charge on any atom is 0.281 e. The van der Waals surface area contributed by atoms with Crippen LogP contribution in [0.1, 0.15) is 35.5 Å². The van der Waals surface area contributed by atoms with Gasteiger partial charge in [-0.2, -0.15) is 0 Å². The smallest absolute Gasteiger partial charge is 0.281 e. The first-order valence-corrected chi connectivity index (χ1v) is 6.17. The van der Waals surface area contributed by atoms with Gasteiger partial charge in [0.25, 0.3) is 5.91 Å². The normalized spacial score (nSPS) is 10.4. The molecule has 0 saturated carbocycles. The van der Waals surface area contributed by atoms with Crippen molar-refractivity contribution >= 4 is 17.4 Å². The lowest BCUT2D eigenvalue weighted by Gasteiger charge is -2.13. The van der Waals surface area contributed by atoms with Crippen LogP contribution in [0.25, 0.3) is 0 Å². The molecule has 6 heteroatoms. The summed E-state index contributed by atoms with van der Waals surface area (Å²) in [6, 6.07) is 5.96. The molecule has 0 saturated heterocycles. The van der Waals surface area contributed by atoms with Crippen LogP contribution in [-0.2, 0) is 12.8 Å². The molecule has 0 spiro atoms. The highest BCUT2D eigenvalue weighted by molar-refractivity contribution is 6.06. The lowest BCUT2D eigenvalue weighted by atomic mass is 10.0. The van der Waals surface area contributed by atoms with Crippen molar-refractivity contribution in [1.82, 2.24) is 10.3 Å². The van der Waals surface area contributed by atoms with Crippen LogP contribution in [0, 0.1) is 0 Å². The number of carbonyl (C=O) groups is 1. The summed E-state index contributed by atoms with van der Waals surface area (Å²) in [5.41, 5.74) is 8.48. The van der Waals surface area contributed by atoms with Crippen molar-refractivity contribution in [3.63, 3.8) is 0 Å². The zero-order valence-corrected chi connectivity index (χ0v) is 10.9. The van der Waals surface area contributed by atoms with Gasteiger partial charge in [0, 0.05) is 5.69 Å². The number of nitrogens with two attached hydrogens (primary N) is 1. The summed E-state index contributed by atoms with van der Waals surface area (Å²) in [5, 5.41) is 9.74. The van der Waals surface area contributed by atoms with E-state index in [0.29, 0.717) is 0 Å². The topological polar surface area (TPSA) is 94.0 Å². The number of aryl methyl sites for hydroxylation is 2. The van der Waals surface area contributed by atoms with Gasteiger partial charge in [-0.3, -0.25) is 4.79 Å². The van der Waals surface area contributed by atoms with Crippen molar-refractivity contribution in [3.05, 3.63) is 35.0 Å². The van der Waals surface area contributed by atoms with Gasteiger partial charge in [0.2, 0.25) is 11.5 Å². The van der Waals surface area contributed by atoms with E-state index in [1.54, 1.807) is 0 Å². The molecular formula is C13H16N4O2. The molecule has 0 fully saturated rings. The maximum absolute atomic E-state index is 12.1. The van der Waals surface area contributed by atoms with Crippen LogP contribution >= 0.6 is 0 Å². The van der Waals surface area contributed by atoms with Crippen molar-refractivity contribution < 1.29 is 9.42 Å². The first kappa shape index (κ1) is 13.1. The number of hydrogen-bond donors (Lipinski definition) is 2. The number of nitrogen functional groups attached to an aromatic ring is 1. The fraction of sp³-hybridized carbons (Fsp3) is 0.308. The summed E-state index contributed by atoms with van der Waals surface area (Å²) >= 11 is 0. The summed E-state index contributed by atoms with van der Waals surface area (Å²) in [4.78, 5) is 12.1. The lowest BCUT2D eigenvalue weighted by Crippen LogP contribution is -2.16. The Morgan fingerprint density at radius 1 is 1.26 bits per heavy atom. The van der Waals surface area contributed by atoms with E-state index < -0.39 is 5.91 Å². The Kier molecular flexibility index (Phi) is 3.79. The average molecular weight is 260 g/mol. The van der Waals surface area contributed by atoms with Gasteiger partial charge in [-0.25, -0.2) is 4.63 Å². The number of rotatable bonds is 4. The summed E-state index contributed by atoms with van der Waals surface area (Å²) in [5.74, 6) is -0.418. The number of benzene rings is 1. The molecule has 3 N–H and O–H groups in total. The third-order valence-electron chi connectivity index (χ3n) is 2.97. The molecule has 1 amide bonds. The van der Waals surface area contributed by atoms with E-state index >= 15 is 0 Å². The van der Waals surface area contributed by atoms with Crippen molar-refractivity contribution in [1.29, 1.82) is 0 Å². The van der Waals surface area contributed by atoms with Crippen LogP contribution < -0.4 is 11.1 Å². The molecule has 0 bridgehead atoms. The van der Waals surface area contributed by atoms with Crippen LogP contribution in [0.2, 0.25) is 0 Å². The standard InChI is InChI=1S/C13H16N4O2/c1-3-8-6-5-7-9(4-2)10(8)15-13(18)11-12(14)17-19-16-11/h5-7H,3-4H2,1-2H3,(H2,14,17)(H,15,18). The monoisotopic (exact) mass is 260 g/mol. The van der Waals surface area contributed by atoms with Crippen LogP contribution in [0.4, 0.5) is 11.5 Å². The molecule has 1 heterocycles. The largest absolute Gasteiger partial charge is 0.379 e. The molecule has 19 heavy (non-hydrogen) atoms. The van der Waals surface area contributed by atoms with Crippen molar-refractivity contribution in [2.24, 2.45) is 0 Å². The number of nitrogens with zero attached hydrogens (tertiary/aromatic N) is 2. The zero-order chi connectivity index (χ0) is 13.8. The minimum atomic E-state index is -0.408. The van der Waals surface area contributed by atoms with Gasteiger partial charge in [0.15, 0.2) is 0 Å². The van der Waals surface area contributed by atoms with E-state index in [2.05, 4.69) is 20.3 Å². The van der Waals surface area contributed by atoms with Gasteiger partial charge in [0.05, 0.1) is 0 Å². The van der Waals surface area contributed by atoms with E-state index in [0.717, 1.165) is 29.7 Å². The number of nitrogens with one attached hydrogen (secondary N) is 1. The second kappa shape index (κ2) is 5.51. The SMILES string of the molecule is CCc1cccc(CC)c1NC(=O)c1nonc1N. The maximum atomic E-state index is 12.1. The Hall–Kier alpha value is -2.37. The fourth-order valence-electron chi connectivity index (χ4n) is 1.93. The molecule has 0 unspecified atom stereocenters. The van der Waals surface area contributed by atoms with Gasteiger partial charge < -0.3 is 11.1 Å². The summed E-state index contributed by atoms with van der Waals surface area (Å²) in [7, 11) is 0. The number of anilines is 2. The molecule has 100 valence electrons. The zero-order valence-electron chi connectivity index (χ0n) is 10.9. The van der Waals surface area contributed by atoms with Crippen molar-refractivity contribution in [2.45, 2.75) is 26.7 Å². The molecule has 2 aromatic rings. The summed E-state index contributed by atoms with van der Waals surface area (Å²) in [6.45, 7) is 4.08. The van der Waals surface area contributed by atoms with E-state index in [4.69, 9.17) is 5.73 Å². The fourth-order valence-corrected chi connectivity index (χ4v) is 1.93. The molecule has 1 aromatic heterocycles. The van der Waals surface area contributed by atoms with Crippen LogP contribution in [0.15, 0.2) is 22.8 Å². The highest BCUT2D eigenvalue weighted by atomic mass is 16.6. The molecular weight excluding hydrogens is 244 g/mol. The minimum Gasteiger partial charge on any atom is -0.379 e. The molecule has 6 nitrogen and oxygen atoms in total. The number of carbonyl (C=O) groups excluding carboxylic acids is 1. The van der Waals surface area contributed by atoms with E-state index in [-0.39, 0.29) is 11.5 Å². The Bertz CT molecular complexity index is 570. The number of aromatic nitrogens is 2. The van der Waals surface area contributed by atoms with Crippen molar-refractivity contribution in [3.8, 4) is 0 Å². The second-order valence-corrected chi connectivity index (χ2v) is 4.11.